The Bertz CT molecular complexity index is 2530. The van der Waals surface area contributed by atoms with E-state index in [4.69, 9.17) is 10.2 Å². The van der Waals surface area contributed by atoms with Crippen LogP contribution in [0.2, 0.25) is 0 Å². The molecule has 45 heavy (non-hydrogen) atoms. The SMILES string of the molecule is Cc1ccccc1-c1c(-c2ccc3oc4cccc(C5=CC=C(c6ccccc6)C5)c4c3c2N)ccc2c1sc1ccccc12. The lowest BCUT2D eigenvalue weighted by molar-refractivity contribution is 0.669. The molecule has 6 aromatic carbocycles. The van der Waals surface area contributed by atoms with E-state index in [1.54, 1.807) is 0 Å². The van der Waals surface area contributed by atoms with Crippen molar-refractivity contribution < 1.29 is 4.42 Å². The molecule has 0 spiro atoms. The molecule has 0 saturated carbocycles. The molecule has 1 aliphatic carbocycles. The van der Waals surface area contributed by atoms with Gasteiger partial charge in [0.25, 0.3) is 0 Å². The van der Waals surface area contributed by atoms with Crippen LogP contribution in [0.3, 0.4) is 0 Å². The molecule has 0 fully saturated rings. The Kier molecular flexibility index (Phi) is 5.84. The maximum absolute atomic E-state index is 7.26. The van der Waals surface area contributed by atoms with E-state index in [9.17, 15) is 0 Å². The zero-order valence-corrected chi connectivity index (χ0v) is 25.6. The Balaban J connectivity index is 1.27. The maximum atomic E-state index is 7.26. The van der Waals surface area contributed by atoms with E-state index >= 15 is 0 Å². The fraction of sp³-hybridized carbons (Fsp3) is 0.0476. The molecule has 0 atom stereocenters. The number of rotatable bonds is 4. The van der Waals surface area contributed by atoms with Crippen molar-refractivity contribution in [3.63, 3.8) is 0 Å². The summed E-state index contributed by atoms with van der Waals surface area (Å²) in [6, 6.07) is 43.1. The number of fused-ring (bicyclic) bond motifs is 6. The largest absolute Gasteiger partial charge is 0.456 e. The summed E-state index contributed by atoms with van der Waals surface area (Å²) < 4.78 is 9.04. The Labute approximate surface area is 265 Å². The summed E-state index contributed by atoms with van der Waals surface area (Å²) in [7, 11) is 0. The van der Waals surface area contributed by atoms with Gasteiger partial charge in [0.05, 0.1) is 11.1 Å². The number of hydrogen-bond acceptors (Lipinski definition) is 3. The van der Waals surface area contributed by atoms with Crippen molar-refractivity contribution in [1.82, 2.24) is 0 Å². The first-order valence-electron chi connectivity index (χ1n) is 15.4. The minimum atomic E-state index is 0.754. The Morgan fingerprint density at radius 3 is 2.20 bits per heavy atom. The Morgan fingerprint density at radius 1 is 0.578 bits per heavy atom. The van der Waals surface area contributed by atoms with E-state index in [1.165, 1.54) is 59.1 Å². The molecule has 2 heterocycles. The summed E-state index contributed by atoms with van der Waals surface area (Å²) in [5.74, 6) is 0. The van der Waals surface area contributed by atoms with Crippen molar-refractivity contribution in [1.29, 1.82) is 0 Å². The molecule has 0 unspecified atom stereocenters. The first-order valence-corrected chi connectivity index (χ1v) is 16.2. The van der Waals surface area contributed by atoms with Crippen LogP contribution in [0.4, 0.5) is 5.69 Å². The van der Waals surface area contributed by atoms with E-state index in [2.05, 4.69) is 140 Å². The zero-order chi connectivity index (χ0) is 30.1. The molecule has 2 aromatic heterocycles. The van der Waals surface area contributed by atoms with Gasteiger partial charge in [-0.05, 0) is 76.6 Å². The van der Waals surface area contributed by atoms with Gasteiger partial charge in [-0.3, -0.25) is 0 Å². The first kappa shape index (κ1) is 26.1. The highest BCUT2D eigenvalue weighted by atomic mass is 32.1. The molecule has 0 bridgehead atoms. The lowest BCUT2D eigenvalue weighted by Gasteiger charge is -2.16. The standard InChI is InChI=1S/C42H29NOS/c1-25-10-5-6-13-29(25)38-32(20-21-34-31-14-7-8-17-37(31)45-42(34)38)33-22-23-36-40(41(33)43)39-30(15-9-16-35(39)44-36)28-19-18-27(24-28)26-11-3-2-4-12-26/h2-23H,24,43H2,1H3. The molecular weight excluding hydrogens is 567 g/mol. The zero-order valence-electron chi connectivity index (χ0n) is 24.8. The van der Waals surface area contributed by atoms with Crippen LogP contribution in [0.25, 0.3) is 75.5 Å². The van der Waals surface area contributed by atoms with Gasteiger partial charge in [-0.15, -0.1) is 11.3 Å². The molecule has 214 valence electrons. The van der Waals surface area contributed by atoms with Gasteiger partial charge in [0, 0.05) is 36.7 Å². The van der Waals surface area contributed by atoms with Gasteiger partial charge in [-0.2, -0.15) is 0 Å². The number of aryl methyl sites for hydroxylation is 1. The number of allylic oxidation sites excluding steroid dienone is 4. The van der Waals surface area contributed by atoms with Crippen molar-refractivity contribution in [2.75, 3.05) is 5.73 Å². The summed E-state index contributed by atoms with van der Waals surface area (Å²) in [6.45, 7) is 2.20. The molecule has 0 amide bonds. The van der Waals surface area contributed by atoms with Crippen LogP contribution in [0.1, 0.15) is 23.1 Å². The fourth-order valence-electron chi connectivity index (χ4n) is 7.13. The average molecular weight is 596 g/mol. The number of nitrogens with two attached hydrogens (primary N) is 1. The highest BCUT2D eigenvalue weighted by molar-refractivity contribution is 7.26. The van der Waals surface area contributed by atoms with E-state index in [1.807, 2.05) is 11.3 Å². The topological polar surface area (TPSA) is 39.2 Å². The number of thiophene rings is 1. The van der Waals surface area contributed by atoms with Gasteiger partial charge < -0.3 is 10.2 Å². The normalized spacial score (nSPS) is 13.3. The monoisotopic (exact) mass is 595 g/mol. The van der Waals surface area contributed by atoms with Crippen molar-refractivity contribution in [3.8, 4) is 22.3 Å². The van der Waals surface area contributed by atoms with Gasteiger partial charge >= 0.3 is 0 Å². The molecule has 0 aliphatic heterocycles. The number of hydrogen-bond donors (Lipinski definition) is 1. The lowest BCUT2D eigenvalue weighted by atomic mass is 9.88. The van der Waals surface area contributed by atoms with E-state index in [0.29, 0.717) is 0 Å². The van der Waals surface area contributed by atoms with Gasteiger partial charge in [0.1, 0.15) is 11.2 Å². The van der Waals surface area contributed by atoms with Crippen LogP contribution in [0.15, 0.2) is 138 Å². The van der Waals surface area contributed by atoms with Crippen LogP contribution in [-0.4, -0.2) is 0 Å². The van der Waals surface area contributed by atoms with Crippen molar-refractivity contribution in [2.45, 2.75) is 13.3 Å². The molecule has 8 aromatic rings. The number of anilines is 1. The van der Waals surface area contributed by atoms with Crippen molar-refractivity contribution in [3.05, 3.63) is 150 Å². The summed E-state index contributed by atoms with van der Waals surface area (Å²) in [4.78, 5) is 0. The highest BCUT2D eigenvalue weighted by Crippen LogP contribution is 2.49. The second kappa shape index (κ2) is 10.1. The van der Waals surface area contributed by atoms with Crippen LogP contribution in [0, 0.1) is 6.92 Å². The van der Waals surface area contributed by atoms with E-state index in [0.717, 1.165) is 45.2 Å². The van der Waals surface area contributed by atoms with Gasteiger partial charge in [0.2, 0.25) is 0 Å². The van der Waals surface area contributed by atoms with E-state index < -0.39 is 0 Å². The highest BCUT2D eigenvalue weighted by Gasteiger charge is 2.23. The molecule has 0 radical (unpaired) electrons. The Morgan fingerprint density at radius 2 is 1.31 bits per heavy atom. The van der Waals surface area contributed by atoms with Gasteiger partial charge in [0.15, 0.2) is 0 Å². The maximum Gasteiger partial charge on any atom is 0.137 e. The second-order valence-corrected chi connectivity index (χ2v) is 12.9. The molecular formula is C42H29NOS. The number of benzene rings is 6. The lowest BCUT2D eigenvalue weighted by Crippen LogP contribution is -1.95. The van der Waals surface area contributed by atoms with E-state index in [-0.39, 0.29) is 0 Å². The summed E-state index contributed by atoms with van der Waals surface area (Å²) in [5, 5.41) is 4.64. The second-order valence-electron chi connectivity index (χ2n) is 11.9. The Hall–Kier alpha value is -5.38. The molecule has 3 heteroatoms. The third-order valence-corrected chi connectivity index (χ3v) is 10.5. The molecule has 2 nitrogen and oxygen atoms in total. The molecule has 9 rings (SSSR count). The summed E-state index contributed by atoms with van der Waals surface area (Å²) >= 11 is 1.86. The average Bonchev–Trinajstić information content (AvgIpc) is 3.81. The molecule has 0 saturated heterocycles. The van der Waals surface area contributed by atoms with Gasteiger partial charge in [-0.1, -0.05) is 109 Å². The summed E-state index contributed by atoms with van der Waals surface area (Å²) in [5.41, 5.74) is 20.6. The predicted molar refractivity (Wildman–Crippen MR) is 194 cm³/mol. The van der Waals surface area contributed by atoms with Crippen molar-refractivity contribution in [2.24, 2.45) is 0 Å². The first-order chi connectivity index (χ1) is 22.2. The van der Waals surface area contributed by atoms with Crippen LogP contribution in [0.5, 0.6) is 0 Å². The smallest absolute Gasteiger partial charge is 0.137 e. The third kappa shape index (κ3) is 4.01. The van der Waals surface area contributed by atoms with Crippen LogP contribution >= 0.6 is 11.3 Å². The van der Waals surface area contributed by atoms with Crippen LogP contribution < -0.4 is 5.73 Å². The minimum Gasteiger partial charge on any atom is -0.456 e. The number of furan rings is 1. The summed E-state index contributed by atoms with van der Waals surface area (Å²) in [6.07, 6.45) is 5.37. The molecule has 2 N–H and O–H groups in total. The number of nitrogen functional groups attached to an aromatic ring is 1. The molecule has 1 aliphatic rings. The van der Waals surface area contributed by atoms with Crippen molar-refractivity contribution >= 4 is 70.3 Å². The van der Waals surface area contributed by atoms with Gasteiger partial charge in [-0.25, -0.2) is 0 Å². The minimum absolute atomic E-state index is 0.754. The quantitative estimate of drug-likeness (QED) is 0.206. The predicted octanol–water partition coefficient (Wildman–Crippen LogP) is 12.0. The fourth-order valence-corrected chi connectivity index (χ4v) is 8.40. The third-order valence-electron chi connectivity index (χ3n) is 9.31. The van der Waals surface area contributed by atoms with Crippen LogP contribution in [-0.2, 0) is 0 Å².